The number of halogens is 3. The lowest BCUT2D eigenvalue weighted by Gasteiger charge is -2.16. The maximum Gasteiger partial charge on any atom is 0.433 e. The molecule has 0 saturated carbocycles. The van der Waals surface area contributed by atoms with Crippen LogP contribution in [0.2, 0.25) is 0 Å². The Morgan fingerprint density at radius 3 is 2.77 bits per heavy atom. The molecule has 0 fully saturated rings. The molecule has 7 nitrogen and oxygen atoms in total. The first-order valence-corrected chi connectivity index (χ1v) is 8.08. The average molecular weight is 384 g/mol. The molecule has 0 bridgehead atoms. The molecular formula is C15H15F3N6OS. The highest BCUT2D eigenvalue weighted by molar-refractivity contribution is 7.71. The van der Waals surface area contributed by atoms with Crippen molar-refractivity contribution in [2.45, 2.75) is 32.2 Å². The minimum atomic E-state index is -4.45. The van der Waals surface area contributed by atoms with E-state index in [-0.39, 0.29) is 16.4 Å². The van der Waals surface area contributed by atoms with E-state index < -0.39 is 11.9 Å². The molecule has 0 radical (unpaired) electrons. The summed E-state index contributed by atoms with van der Waals surface area (Å²) in [6, 6.07) is 2.25. The van der Waals surface area contributed by atoms with Crippen molar-refractivity contribution in [2.75, 3.05) is 0 Å². The third-order valence-electron chi connectivity index (χ3n) is 3.79. The van der Waals surface area contributed by atoms with Gasteiger partial charge in [0, 0.05) is 25.3 Å². The molecule has 11 heteroatoms. The summed E-state index contributed by atoms with van der Waals surface area (Å²) in [5.41, 5.74) is 0.145. The fraction of sp³-hybridized carbons (Fsp3) is 0.333. The Bertz CT molecular complexity index is 1020. The lowest BCUT2D eigenvalue weighted by atomic mass is 10.2. The van der Waals surface area contributed by atoms with E-state index in [0.717, 1.165) is 6.07 Å². The topological polar surface area (TPSA) is 91.4 Å². The lowest BCUT2D eigenvalue weighted by Crippen LogP contribution is -2.31. The summed E-state index contributed by atoms with van der Waals surface area (Å²) in [7, 11) is 0. The van der Waals surface area contributed by atoms with E-state index in [1.54, 1.807) is 4.57 Å². The molecule has 138 valence electrons. The largest absolute Gasteiger partial charge is 0.433 e. The van der Waals surface area contributed by atoms with Crippen LogP contribution >= 0.6 is 12.2 Å². The van der Waals surface area contributed by atoms with Crippen molar-refractivity contribution in [1.82, 2.24) is 29.8 Å². The van der Waals surface area contributed by atoms with Gasteiger partial charge in [-0.3, -0.25) is 19.3 Å². The van der Waals surface area contributed by atoms with Crippen molar-refractivity contribution < 1.29 is 13.2 Å². The van der Waals surface area contributed by atoms with Crippen LogP contribution in [0.15, 0.2) is 29.5 Å². The van der Waals surface area contributed by atoms with Gasteiger partial charge in [-0.1, -0.05) is 6.07 Å². The second-order valence-electron chi connectivity index (χ2n) is 5.80. The third-order valence-corrected chi connectivity index (χ3v) is 4.12. The monoisotopic (exact) mass is 384 g/mol. The molecule has 1 unspecified atom stereocenters. The first-order chi connectivity index (χ1) is 12.3. The Kier molecular flexibility index (Phi) is 4.92. The summed E-state index contributed by atoms with van der Waals surface area (Å²) in [4.78, 5) is 24.7. The second-order valence-corrected chi connectivity index (χ2v) is 6.19. The summed E-state index contributed by atoms with van der Waals surface area (Å²) in [6.07, 6.45) is -1.84. The van der Waals surface area contributed by atoms with Crippen molar-refractivity contribution >= 4 is 23.4 Å². The number of alkyl halides is 3. The summed E-state index contributed by atoms with van der Waals surface area (Å²) in [5.74, 6) is 0. The molecule has 0 aromatic carbocycles. The number of fused-ring (bicyclic) bond motifs is 1. The minimum Gasteiger partial charge on any atom is -0.339 e. The summed E-state index contributed by atoms with van der Waals surface area (Å²) in [5, 5.41) is 3.19. The number of nitrogens with one attached hydrogen (secondary N) is 3. The van der Waals surface area contributed by atoms with Gasteiger partial charge in [0.2, 0.25) is 0 Å². The number of aromatic nitrogens is 5. The molecule has 3 rings (SSSR count). The van der Waals surface area contributed by atoms with Gasteiger partial charge in [-0.15, -0.1) is 0 Å². The lowest BCUT2D eigenvalue weighted by molar-refractivity contribution is -0.141. The van der Waals surface area contributed by atoms with E-state index in [1.807, 2.05) is 6.92 Å². The van der Waals surface area contributed by atoms with Crippen LogP contribution in [0, 0.1) is 4.77 Å². The molecule has 0 spiro atoms. The number of hydrogen-bond acceptors (Lipinski definition) is 5. The summed E-state index contributed by atoms with van der Waals surface area (Å²) < 4.78 is 39.5. The Morgan fingerprint density at radius 1 is 1.35 bits per heavy atom. The van der Waals surface area contributed by atoms with Gasteiger partial charge in [0.1, 0.15) is 11.2 Å². The van der Waals surface area contributed by atoms with E-state index in [2.05, 4.69) is 25.3 Å². The number of imidazole rings is 1. The average Bonchev–Trinajstić information content (AvgIpc) is 3.06. The predicted octanol–water partition coefficient (Wildman–Crippen LogP) is 2.37. The Hall–Kier alpha value is -2.53. The number of H-pyrrole nitrogens is 2. The summed E-state index contributed by atoms with van der Waals surface area (Å²) in [6.45, 7) is 2.65. The van der Waals surface area contributed by atoms with Crippen molar-refractivity contribution in [3.8, 4) is 0 Å². The third kappa shape index (κ3) is 3.83. The highest BCUT2D eigenvalue weighted by atomic mass is 32.1. The van der Waals surface area contributed by atoms with Crippen molar-refractivity contribution in [3.05, 3.63) is 51.0 Å². The molecule has 1 atom stereocenters. The van der Waals surface area contributed by atoms with Crippen LogP contribution in [-0.4, -0.2) is 30.5 Å². The zero-order valence-corrected chi connectivity index (χ0v) is 14.4. The van der Waals surface area contributed by atoms with Crippen LogP contribution in [0.1, 0.15) is 18.2 Å². The molecule has 3 heterocycles. The molecule has 3 aromatic rings. The van der Waals surface area contributed by atoms with Gasteiger partial charge in [-0.2, -0.15) is 13.2 Å². The number of rotatable bonds is 5. The van der Waals surface area contributed by atoms with E-state index >= 15 is 0 Å². The number of hydrogen-bond donors (Lipinski definition) is 3. The van der Waals surface area contributed by atoms with Crippen molar-refractivity contribution in [3.63, 3.8) is 0 Å². The highest BCUT2D eigenvalue weighted by Gasteiger charge is 2.31. The van der Waals surface area contributed by atoms with Crippen LogP contribution in [-0.2, 0) is 19.3 Å². The van der Waals surface area contributed by atoms with Gasteiger partial charge in [-0.25, -0.2) is 4.98 Å². The molecule has 0 aliphatic rings. The first kappa shape index (κ1) is 18.3. The van der Waals surface area contributed by atoms with E-state index in [0.29, 0.717) is 29.8 Å². The minimum absolute atomic E-state index is 0.0882. The predicted molar refractivity (Wildman–Crippen MR) is 91.1 cm³/mol. The smallest absolute Gasteiger partial charge is 0.339 e. The standard InChI is InChI=1S/C15H15F3N6OS/c1-8(19-4-9-2-3-10(20-5-9)15(16,17)18)6-24-12-11(21-7-22-12)13(25)23-14(24)26/h2-3,5,7-8,19H,4,6H2,1H3,(H,21,22)(H,23,25,26). The van der Waals surface area contributed by atoms with Gasteiger partial charge in [0.15, 0.2) is 10.4 Å². The molecule has 0 amide bonds. The van der Waals surface area contributed by atoms with Gasteiger partial charge in [0.05, 0.1) is 6.33 Å². The van der Waals surface area contributed by atoms with Crippen LogP contribution < -0.4 is 10.9 Å². The van der Waals surface area contributed by atoms with Crippen molar-refractivity contribution in [2.24, 2.45) is 0 Å². The maximum absolute atomic E-state index is 12.5. The second kappa shape index (κ2) is 7.00. The summed E-state index contributed by atoms with van der Waals surface area (Å²) >= 11 is 5.19. The van der Waals surface area contributed by atoms with Crippen LogP contribution in [0.3, 0.4) is 0 Å². The number of nitrogens with zero attached hydrogens (tertiary/aromatic N) is 3. The normalized spacial score (nSPS) is 13.2. The van der Waals surface area contributed by atoms with Crippen LogP contribution in [0.4, 0.5) is 13.2 Å². The fourth-order valence-corrected chi connectivity index (χ4v) is 2.73. The van der Waals surface area contributed by atoms with Gasteiger partial charge < -0.3 is 10.3 Å². The number of pyridine rings is 1. The Morgan fingerprint density at radius 2 is 2.12 bits per heavy atom. The molecule has 26 heavy (non-hydrogen) atoms. The molecule has 3 N–H and O–H groups in total. The molecule has 0 aliphatic heterocycles. The fourth-order valence-electron chi connectivity index (χ4n) is 2.48. The van der Waals surface area contributed by atoms with Crippen LogP contribution in [0.25, 0.3) is 11.2 Å². The maximum atomic E-state index is 12.5. The SMILES string of the molecule is CC(Cn1c(=S)[nH]c(=O)c2[nH]cnc21)NCc1ccc(C(F)(F)F)nc1. The van der Waals surface area contributed by atoms with E-state index in [4.69, 9.17) is 12.2 Å². The van der Waals surface area contributed by atoms with Crippen molar-refractivity contribution in [1.29, 1.82) is 0 Å². The van der Waals surface area contributed by atoms with E-state index in [9.17, 15) is 18.0 Å². The Labute approximate surface area is 150 Å². The molecule has 0 aliphatic carbocycles. The first-order valence-electron chi connectivity index (χ1n) is 7.67. The highest BCUT2D eigenvalue weighted by Crippen LogP contribution is 2.27. The molecular weight excluding hydrogens is 369 g/mol. The van der Waals surface area contributed by atoms with Crippen LogP contribution in [0.5, 0.6) is 0 Å². The molecule has 0 saturated heterocycles. The van der Waals surface area contributed by atoms with Gasteiger partial charge in [0.25, 0.3) is 5.56 Å². The van der Waals surface area contributed by atoms with E-state index in [1.165, 1.54) is 18.6 Å². The Balaban J connectivity index is 1.68. The molecule has 3 aromatic heterocycles. The number of aromatic amines is 2. The zero-order chi connectivity index (χ0) is 18.9. The van der Waals surface area contributed by atoms with Gasteiger partial charge in [-0.05, 0) is 30.8 Å². The quantitative estimate of drug-likeness (QED) is 0.588. The zero-order valence-electron chi connectivity index (χ0n) is 13.6. The van der Waals surface area contributed by atoms with Gasteiger partial charge >= 0.3 is 6.18 Å².